The predicted molar refractivity (Wildman–Crippen MR) is 113 cm³/mol. The standard InChI is InChI=1S/C24H19FN2O4/c1-29-18-6-8-19(9-7-18)31-23-13-26-15-27-24(23)21-11-10-20(12-22(21)28)30-14-16-2-4-17(25)5-3-16/h2-13,15,28H,14H2,1H3. The van der Waals surface area contributed by atoms with Crippen LogP contribution in [0.15, 0.2) is 79.3 Å². The Kier molecular flexibility index (Phi) is 5.93. The lowest BCUT2D eigenvalue weighted by atomic mass is 10.1. The van der Waals surface area contributed by atoms with Crippen molar-refractivity contribution in [3.05, 3.63) is 90.6 Å². The second-order valence-electron chi connectivity index (χ2n) is 6.61. The molecule has 0 saturated heterocycles. The minimum Gasteiger partial charge on any atom is -0.507 e. The highest BCUT2D eigenvalue weighted by Crippen LogP contribution is 2.37. The van der Waals surface area contributed by atoms with Gasteiger partial charge in [-0.05, 0) is 54.1 Å². The van der Waals surface area contributed by atoms with Crippen LogP contribution in [-0.2, 0) is 6.61 Å². The molecule has 6 nitrogen and oxygen atoms in total. The van der Waals surface area contributed by atoms with Crippen molar-refractivity contribution in [3.8, 4) is 40.0 Å². The zero-order valence-corrected chi connectivity index (χ0v) is 16.7. The number of methoxy groups -OCH3 is 1. The van der Waals surface area contributed by atoms with E-state index in [9.17, 15) is 9.50 Å². The summed E-state index contributed by atoms with van der Waals surface area (Å²) in [6.07, 6.45) is 2.92. The first-order chi connectivity index (χ1) is 15.1. The molecule has 7 heteroatoms. The van der Waals surface area contributed by atoms with E-state index in [2.05, 4.69) is 9.97 Å². The molecule has 0 amide bonds. The summed E-state index contributed by atoms with van der Waals surface area (Å²) in [5.74, 6) is 1.83. The number of rotatable bonds is 7. The second-order valence-corrected chi connectivity index (χ2v) is 6.61. The molecule has 0 fully saturated rings. The highest BCUT2D eigenvalue weighted by molar-refractivity contribution is 5.72. The van der Waals surface area contributed by atoms with Crippen LogP contribution in [0.4, 0.5) is 4.39 Å². The molecule has 0 spiro atoms. The molecule has 0 aliphatic heterocycles. The van der Waals surface area contributed by atoms with Crippen molar-refractivity contribution in [2.24, 2.45) is 0 Å². The molecule has 0 saturated carbocycles. The number of phenolic OH excluding ortho intramolecular Hbond substituents is 1. The number of ether oxygens (including phenoxy) is 3. The van der Waals surface area contributed by atoms with Gasteiger partial charge in [-0.2, -0.15) is 0 Å². The van der Waals surface area contributed by atoms with Crippen molar-refractivity contribution < 1.29 is 23.7 Å². The molecule has 1 N–H and O–H groups in total. The van der Waals surface area contributed by atoms with Gasteiger partial charge in [-0.3, -0.25) is 0 Å². The van der Waals surface area contributed by atoms with Crippen LogP contribution in [0.2, 0.25) is 0 Å². The number of nitrogens with zero attached hydrogens (tertiary/aromatic N) is 2. The maximum atomic E-state index is 13.0. The number of hydrogen-bond donors (Lipinski definition) is 1. The molecule has 0 aliphatic carbocycles. The predicted octanol–water partition coefficient (Wildman–Crippen LogP) is 5.37. The lowest BCUT2D eigenvalue weighted by Gasteiger charge is -2.12. The van der Waals surface area contributed by atoms with Crippen LogP contribution in [-0.4, -0.2) is 22.2 Å². The van der Waals surface area contributed by atoms with Gasteiger partial charge >= 0.3 is 0 Å². The van der Waals surface area contributed by atoms with Gasteiger partial charge in [0, 0.05) is 11.6 Å². The summed E-state index contributed by atoms with van der Waals surface area (Å²) in [7, 11) is 1.59. The van der Waals surface area contributed by atoms with E-state index in [0.29, 0.717) is 34.3 Å². The maximum Gasteiger partial charge on any atom is 0.172 e. The lowest BCUT2D eigenvalue weighted by molar-refractivity contribution is 0.304. The van der Waals surface area contributed by atoms with Crippen molar-refractivity contribution in [1.82, 2.24) is 9.97 Å². The van der Waals surface area contributed by atoms with Gasteiger partial charge in [0.1, 0.15) is 47.4 Å². The van der Waals surface area contributed by atoms with Gasteiger partial charge in [0.05, 0.1) is 13.3 Å². The van der Waals surface area contributed by atoms with E-state index in [0.717, 1.165) is 5.56 Å². The Labute approximate surface area is 178 Å². The molecule has 4 aromatic rings. The zero-order chi connectivity index (χ0) is 21.6. The Hall–Kier alpha value is -4.13. The van der Waals surface area contributed by atoms with Crippen molar-refractivity contribution >= 4 is 0 Å². The van der Waals surface area contributed by atoms with Crippen molar-refractivity contribution in [3.63, 3.8) is 0 Å². The van der Waals surface area contributed by atoms with Gasteiger partial charge < -0.3 is 19.3 Å². The highest BCUT2D eigenvalue weighted by atomic mass is 19.1. The molecule has 0 atom stereocenters. The summed E-state index contributed by atoms with van der Waals surface area (Å²) in [4.78, 5) is 8.30. The van der Waals surface area contributed by atoms with Gasteiger partial charge in [0.25, 0.3) is 0 Å². The van der Waals surface area contributed by atoms with Crippen LogP contribution in [0, 0.1) is 5.82 Å². The fraction of sp³-hybridized carbons (Fsp3) is 0.0833. The van der Waals surface area contributed by atoms with Crippen molar-refractivity contribution in [2.45, 2.75) is 6.61 Å². The van der Waals surface area contributed by atoms with Crippen LogP contribution in [0.1, 0.15) is 5.56 Å². The Bertz CT molecular complexity index is 1170. The average Bonchev–Trinajstić information content (AvgIpc) is 2.80. The molecule has 4 rings (SSSR count). The van der Waals surface area contributed by atoms with E-state index in [-0.39, 0.29) is 18.2 Å². The van der Waals surface area contributed by atoms with Gasteiger partial charge in [-0.25, -0.2) is 14.4 Å². The summed E-state index contributed by atoms with van der Waals surface area (Å²) in [5, 5.41) is 10.6. The lowest BCUT2D eigenvalue weighted by Crippen LogP contribution is -1.96. The third-order valence-electron chi connectivity index (χ3n) is 4.51. The average molecular weight is 418 g/mol. The first kappa shape index (κ1) is 20.2. The Morgan fingerprint density at radius 2 is 1.61 bits per heavy atom. The first-order valence-corrected chi connectivity index (χ1v) is 9.45. The third kappa shape index (κ3) is 4.90. The summed E-state index contributed by atoms with van der Waals surface area (Å²) >= 11 is 0. The van der Waals surface area contributed by atoms with Crippen LogP contribution in [0.25, 0.3) is 11.3 Å². The molecule has 1 heterocycles. The molecule has 156 valence electrons. The van der Waals surface area contributed by atoms with Gasteiger partial charge in [-0.15, -0.1) is 0 Å². The van der Waals surface area contributed by atoms with Crippen molar-refractivity contribution in [2.75, 3.05) is 7.11 Å². The van der Waals surface area contributed by atoms with Crippen LogP contribution >= 0.6 is 0 Å². The molecular formula is C24H19FN2O4. The summed E-state index contributed by atoms with van der Waals surface area (Å²) in [5.41, 5.74) is 1.73. The summed E-state index contributed by atoms with van der Waals surface area (Å²) in [6.45, 7) is 0.248. The largest absolute Gasteiger partial charge is 0.507 e. The molecule has 31 heavy (non-hydrogen) atoms. The number of phenols is 1. The molecule has 3 aromatic carbocycles. The summed E-state index contributed by atoms with van der Waals surface area (Å²) < 4.78 is 29.8. The summed E-state index contributed by atoms with van der Waals surface area (Å²) in [6, 6.07) is 18.0. The van der Waals surface area contributed by atoms with Crippen LogP contribution in [0.3, 0.4) is 0 Å². The third-order valence-corrected chi connectivity index (χ3v) is 4.51. The van der Waals surface area contributed by atoms with Crippen molar-refractivity contribution in [1.29, 1.82) is 0 Å². The maximum absolute atomic E-state index is 13.0. The number of aromatic hydroxyl groups is 1. The molecule has 0 unspecified atom stereocenters. The Morgan fingerprint density at radius 3 is 2.32 bits per heavy atom. The Morgan fingerprint density at radius 1 is 0.903 bits per heavy atom. The van der Waals surface area contributed by atoms with E-state index >= 15 is 0 Å². The molecule has 0 aliphatic rings. The number of aromatic nitrogens is 2. The number of benzene rings is 3. The second kappa shape index (κ2) is 9.13. The first-order valence-electron chi connectivity index (χ1n) is 9.45. The zero-order valence-electron chi connectivity index (χ0n) is 16.7. The highest BCUT2D eigenvalue weighted by Gasteiger charge is 2.14. The van der Waals surface area contributed by atoms with E-state index in [4.69, 9.17) is 14.2 Å². The fourth-order valence-electron chi connectivity index (χ4n) is 2.91. The molecule has 1 aromatic heterocycles. The number of halogens is 1. The van der Waals surface area contributed by atoms with Gasteiger partial charge in [-0.1, -0.05) is 12.1 Å². The molecule has 0 bridgehead atoms. The number of hydrogen-bond acceptors (Lipinski definition) is 6. The van der Waals surface area contributed by atoms with Crippen LogP contribution in [0.5, 0.6) is 28.7 Å². The minimum atomic E-state index is -0.303. The fourth-order valence-corrected chi connectivity index (χ4v) is 2.91. The Balaban J connectivity index is 1.53. The van der Waals surface area contributed by atoms with E-state index in [1.165, 1.54) is 30.7 Å². The van der Waals surface area contributed by atoms with Crippen LogP contribution < -0.4 is 14.2 Å². The van der Waals surface area contributed by atoms with E-state index in [1.54, 1.807) is 55.6 Å². The van der Waals surface area contributed by atoms with Gasteiger partial charge in [0.2, 0.25) is 0 Å². The minimum absolute atomic E-state index is 0.0186. The van der Waals surface area contributed by atoms with E-state index in [1.807, 2.05) is 0 Å². The SMILES string of the molecule is COc1ccc(Oc2cncnc2-c2ccc(OCc3ccc(F)cc3)cc2O)cc1. The molecule has 0 radical (unpaired) electrons. The monoisotopic (exact) mass is 418 g/mol. The topological polar surface area (TPSA) is 73.7 Å². The quantitative estimate of drug-likeness (QED) is 0.435. The smallest absolute Gasteiger partial charge is 0.172 e. The van der Waals surface area contributed by atoms with E-state index < -0.39 is 0 Å². The van der Waals surface area contributed by atoms with Gasteiger partial charge in [0.15, 0.2) is 5.75 Å². The molecular weight excluding hydrogens is 399 g/mol. The normalized spacial score (nSPS) is 10.5.